The van der Waals surface area contributed by atoms with Gasteiger partial charge in [0.1, 0.15) is 5.75 Å². The van der Waals surface area contributed by atoms with Gasteiger partial charge in [-0.05, 0) is 13.0 Å². The van der Waals surface area contributed by atoms with E-state index in [1.165, 1.54) is 6.92 Å². The van der Waals surface area contributed by atoms with Gasteiger partial charge in [-0.2, -0.15) is 0 Å². The van der Waals surface area contributed by atoms with Crippen molar-refractivity contribution in [2.75, 3.05) is 0 Å². The summed E-state index contributed by atoms with van der Waals surface area (Å²) in [4.78, 5) is 3.42. The predicted molar refractivity (Wildman–Crippen MR) is 30.6 cm³/mol. The van der Waals surface area contributed by atoms with E-state index in [0.29, 0.717) is 0 Å². The summed E-state index contributed by atoms with van der Waals surface area (Å²) in [7, 11) is 0. The Morgan fingerprint density at radius 1 is 1.88 bits per heavy atom. The average Bonchev–Trinajstić information content (AvgIpc) is 1.97. The lowest BCUT2D eigenvalue weighted by Crippen LogP contribution is -1.73. The summed E-state index contributed by atoms with van der Waals surface area (Å²) in [6, 6.07) is -0.321. The number of aromatic nitrogens is 1. The second kappa shape index (κ2) is 1.82. The fourth-order valence-corrected chi connectivity index (χ4v) is 0.339. The monoisotopic (exact) mass is 112 g/mol. The Balaban J connectivity index is 3.46. The molecule has 8 heavy (non-hydrogen) atoms. The molecule has 0 unspecified atom stereocenters. The van der Waals surface area contributed by atoms with Crippen LogP contribution in [0.3, 0.4) is 0 Å². The lowest BCUT2D eigenvalue weighted by Gasteiger charge is -1.91. The summed E-state index contributed by atoms with van der Waals surface area (Å²) in [5, 5.41) is 9.10. The third-order valence-corrected chi connectivity index (χ3v) is 0.809. The third-order valence-electron chi connectivity index (χ3n) is 0.809. The number of nitrogens with zero attached hydrogens (tertiary/aromatic N) is 1. The first kappa shape index (κ1) is 2.49. The van der Waals surface area contributed by atoms with Gasteiger partial charge in [-0.15, -0.1) is 0 Å². The van der Waals surface area contributed by atoms with Gasteiger partial charge in [-0.3, -0.25) is 4.98 Å². The molecule has 2 heteroatoms. The van der Waals surface area contributed by atoms with E-state index in [1.807, 2.05) is 0 Å². The van der Waals surface area contributed by atoms with E-state index in [-0.39, 0.29) is 29.7 Å². The van der Waals surface area contributed by atoms with Crippen LogP contribution in [-0.4, -0.2) is 10.1 Å². The molecule has 1 rings (SSSR count). The molecule has 1 heterocycles. The fraction of sp³-hybridized carbons (Fsp3) is 0.167. The Bertz CT molecular complexity index is 274. The van der Waals surface area contributed by atoms with Crippen LogP contribution in [0.15, 0.2) is 18.4 Å². The molecule has 0 aliphatic carbocycles. The van der Waals surface area contributed by atoms with E-state index in [4.69, 9.17) is 9.22 Å². The van der Waals surface area contributed by atoms with Crippen LogP contribution in [0.2, 0.25) is 0 Å². The van der Waals surface area contributed by atoms with Gasteiger partial charge in [0.25, 0.3) is 0 Å². The smallest absolute Gasteiger partial charge is 0.121 e. The second-order valence-electron chi connectivity index (χ2n) is 1.43. The van der Waals surface area contributed by atoms with Crippen molar-refractivity contribution in [1.29, 1.82) is 0 Å². The van der Waals surface area contributed by atoms with Crippen molar-refractivity contribution in [3.05, 3.63) is 24.0 Å². The van der Waals surface area contributed by atoms with Gasteiger partial charge in [0.15, 0.2) is 0 Å². The van der Waals surface area contributed by atoms with Crippen molar-refractivity contribution in [2.24, 2.45) is 0 Å². The maximum absolute atomic E-state index is 9.10. The van der Waals surface area contributed by atoms with Gasteiger partial charge in [0.2, 0.25) is 0 Å². The van der Waals surface area contributed by atoms with E-state index >= 15 is 0 Å². The number of hydrogen-bond donors (Lipinski definition) is 1. The molecule has 0 saturated heterocycles. The summed E-state index contributed by atoms with van der Waals surface area (Å²) in [5.41, 5.74) is 0.242. The van der Waals surface area contributed by atoms with Crippen LogP contribution in [0, 0.1) is 6.92 Å². The summed E-state index contributed by atoms with van der Waals surface area (Å²) in [6.45, 7) is 1.49. The number of pyridine rings is 1. The van der Waals surface area contributed by atoms with Gasteiger partial charge >= 0.3 is 0 Å². The molecule has 2 nitrogen and oxygen atoms in total. The SMILES string of the molecule is [2H]c1nc([2H])c(C)c(O)c1[2H]. The van der Waals surface area contributed by atoms with Crippen molar-refractivity contribution >= 4 is 0 Å². The molecule has 0 radical (unpaired) electrons. The Morgan fingerprint density at radius 3 is 3.38 bits per heavy atom. The van der Waals surface area contributed by atoms with Crippen LogP contribution in [0.25, 0.3) is 0 Å². The van der Waals surface area contributed by atoms with E-state index in [0.717, 1.165) is 0 Å². The molecular formula is C6H7NO. The maximum atomic E-state index is 9.10. The highest BCUT2D eigenvalue weighted by Gasteiger charge is 1.88. The van der Waals surface area contributed by atoms with Crippen LogP contribution in [0.1, 0.15) is 9.68 Å². The molecule has 0 atom stereocenters. The number of aromatic hydroxyl groups is 1. The highest BCUT2D eigenvalue weighted by atomic mass is 16.3. The molecule has 0 aliphatic heterocycles. The van der Waals surface area contributed by atoms with Gasteiger partial charge in [-0.1, -0.05) is 0 Å². The first-order chi connectivity index (χ1) is 5.04. The first-order valence-electron chi connectivity index (χ1n) is 3.67. The van der Waals surface area contributed by atoms with E-state index in [9.17, 15) is 0 Å². The van der Waals surface area contributed by atoms with E-state index in [1.54, 1.807) is 0 Å². The first-order valence-corrected chi connectivity index (χ1v) is 2.17. The van der Waals surface area contributed by atoms with Crippen molar-refractivity contribution in [3.63, 3.8) is 0 Å². The largest absolute Gasteiger partial charge is 0.508 e. The van der Waals surface area contributed by atoms with Crippen LogP contribution >= 0.6 is 0 Å². The van der Waals surface area contributed by atoms with E-state index in [2.05, 4.69) is 4.98 Å². The van der Waals surface area contributed by atoms with Crippen LogP contribution in [0.5, 0.6) is 5.75 Å². The maximum Gasteiger partial charge on any atom is 0.121 e. The number of hydrogen-bond acceptors (Lipinski definition) is 2. The minimum absolute atomic E-state index is 0.150. The Kier molecular flexibility index (Phi) is 0.565. The highest BCUT2D eigenvalue weighted by Crippen LogP contribution is 2.10. The zero-order chi connectivity index (χ0) is 8.59. The summed E-state index contributed by atoms with van der Waals surface area (Å²) < 4.78 is 21.2. The van der Waals surface area contributed by atoms with Crippen LogP contribution in [0.4, 0.5) is 0 Å². The molecule has 0 aromatic carbocycles. The van der Waals surface area contributed by atoms with Gasteiger partial charge in [0, 0.05) is 17.9 Å². The van der Waals surface area contributed by atoms with Crippen molar-refractivity contribution < 1.29 is 9.22 Å². The molecule has 1 N–H and O–H groups in total. The third kappa shape index (κ3) is 0.780. The van der Waals surface area contributed by atoms with Gasteiger partial charge in [-0.25, -0.2) is 0 Å². The summed E-state index contributed by atoms with van der Waals surface area (Å²) in [6.07, 6.45) is -0.512. The Morgan fingerprint density at radius 2 is 2.62 bits per heavy atom. The minimum atomic E-state index is -0.363. The Labute approximate surface area is 52.0 Å². The molecule has 0 amide bonds. The molecule has 0 spiro atoms. The van der Waals surface area contributed by atoms with Gasteiger partial charge in [0.05, 0.1) is 4.11 Å². The molecule has 0 bridgehead atoms. The van der Waals surface area contributed by atoms with Crippen LogP contribution in [-0.2, 0) is 0 Å². The predicted octanol–water partition coefficient (Wildman–Crippen LogP) is 1.10. The molecular weight excluding hydrogens is 102 g/mol. The van der Waals surface area contributed by atoms with E-state index < -0.39 is 0 Å². The lowest BCUT2D eigenvalue weighted by molar-refractivity contribution is 0.470. The molecule has 42 valence electrons. The molecule has 1 aromatic rings. The Hall–Kier alpha value is -1.05. The fourth-order valence-electron chi connectivity index (χ4n) is 0.339. The average molecular weight is 112 g/mol. The quantitative estimate of drug-likeness (QED) is 0.545. The van der Waals surface area contributed by atoms with Crippen molar-refractivity contribution in [2.45, 2.75) is 6.92 Å². The minimum Gasteiger partial charge on any atom is -0.508 e. The molecule has 0 saturated carbocycles. The topological polar surface area (TPSA) is 33.1 Å². The molecule has 0 fully saturated rings. The lowest BCUT2D eigenvalue weighted by atomic mass is 10.3. The standard InChI is InChI=1S/C6H7NO/c1-5-4-7-3-2-6(5)8/h2-4H,1H3,(H,7,8)/i2D,3D,4D. The zero-order valence-electron chi connectivity index (χ0n) is 7.39. The second-order valence-corrected chi connectivity index (χ2v) is 1.43. The molecule has 1 aromatic heterocycles. The summed E-state index contributed by atoms with van der Waals surface area (Å²) in [5.74, 6) is -0.324. The summed E-state index contributed by atoms with van der Waals surface area (Å²) >= 11 is 0. The van der Waals surface area contributed by atoms with Crippen molar-refractivity contribution in [3.8, 4) is 5.75 Å². The number of rotatable bonds is 0. The van der Waals surface area contributed by atoms with Crippen LogP contribution < -0.4 is 0 Å². The molecule has 0 aliphatic rings. The normalized spacial score (nSPS) is 14.4. The van der Waals surface area contributed by atoms with Gasteiger partial charge < -0.3 is 5.11 Å². The zero-order valence-corrected chi connectivity index (χ0v) is 4.39. The van der Waals surface area contributed by atoms with Crippen molar-refractivity contribution in [1.82, 2.24) is 4.98 Å². The highest BCUT2D eigenvalue weighted by molar-refractivity contribution is 5.26.